The molecule has 0 atom stereocenters. The van der Waals surface area contributed by atoms with Crippen LogP contribution in [0.5, 0.6) is 5.88 Å². The lowest BCUT2D eigenvalue weighted by Crippen LogP contribution is -2.36. The Morgan fingerprint density at radius 2 is 2.29 bits per heavy atom. The first kappa shape index (κ1) is 15.2. The van der Waals surface area contributed by atoms with E-state index in [1.807, 2.05) is 20.8 Å². The number of hydrogen-bond donors (Lipinski definition) is 0. The van der Waals surface area contributed by atoms with Gasteiger partial charge in [0.2, 0.25) is 0 Å². The maximum Gasteiger partial charge on any atom is 0.410 e. The molecule has 0 fully saturated rings. The fraction of sp³-hybridized carbons (Fsp3) is 0.600. The second-order valence-corrected chi connectivity index (χ2v) is 5.89. The standard InChI is InChI=1S/C15H20N2O4/c1-5-9-19-13-11-10-17(14(18)20-15(2,3)4)8-6-7-12(11)21-16-13/h1H,6-10H2,2-4H3. The summed E-state index contributed by atoms with van der Waals surface area (Å²) in [6.45, 7) is 6.60. The molecule has 6 heteroatoms. The number of ether oxygens (including phenoxy) is 2. The molecule has 0 bridgehead atoms. The lowest BCUT2D eigenvalue weighted by molar-refractivity contribution is 0.0235. The van der Waals surface area contributed by atoms with Crippen molar-refractivity contribution >= 4 is 6.09 Å². The Morgan fingerprint density at radius 1 is 1.52 bits per heavy atom. The number of carbonyl (C=O) groups is 1. The summed E-state index contributed by atoms with van der Waals surface area (Å²) in [6.07, 6.45) is 6.33. The summed E-state index contributed by atoms with van der Waals surface area (Å²) < 4.78 is 16.0. The minimum absolute atomic E-state index is 0.116. The molecule has 2 heterocycles. The summed E-state index contributed by atoms with van der Waals surface area (Å²) in [6, 6.07) is 0. The molecule has 2 rings (SSSR count). The molecule has 0 aromatic carbocycles. The Bertz CT molecular complexity index is 551. The summed E-state index contributed by atoms with van der Waals surface area (Å²) in [5.41, 5.74) is 0.248. The van der Waals surface area contributed by atoms with Gasteiger partial charge in [-0.3, -0.25) is 0 Å². The van der Waals surface area contributed by atoms with Gasteiger partial charge in [0.1, 0.15) is 11.4 Å². The summed E-state index contributed by atoms with van der Waals surface area (Å²) in [7, 11) is 0. The predicted molar refractivity (Wildman–Crippen MR) is 75.8 cm³/mol. The number of amides is 1. The van der Waals surface area contributed by atoms with Crippen molar-refractivity contribution in [2.24, 2.45) is 0 Å². The predicted octanol–water partition coefficient (Wildman–Crippen LogP) is 2.37. The molecule has 0 saturated carbocycles. The van der Waals surface area contributed by atoms with Crippen LogP contribution in [0.25, 0.3) is 0 Å². The molecule has 0 N–H and O–H groups in total. The van der Waals surface area contributed by atoms with Crippen LogP contribution in [0.3, 0.4) is 0 Å². The van der Waals surface area contributed by atoms with Crippen molar-refractivity contribution in [1.82, 2.24) is 10.1 Å². The lowest BCUT2D eigenvalue weighted by Gasteiger charge is -2.26. The van der Waals surface area contributed by atoms with Crippen LogP contribution in [0.15, 0.2) is 4.52 Å². The fourth-order valence-corrected chi connectivity index (χ4v) is 2.08. The second-order valence-electron chi connectivity index (χ2n) is 5.89. The average Bonchev–Trinajstić information content (AvgIpc) is 2.63. The number of rotatable bonds is 2. The maximum atomic E-state index is 12.2. The third-order valence-corrected chi connectivity index (χ3v) is 2.96. The van der Waals surface area contributed by atoms with Gasteiger partial charge in [-0.15, -0.1) is 6.42 Å². The molecule has 114 valence electrons. The Kier molecular flexibility index (Phi) is 4.41. The van der Waals surface area contributed by atoms with Crippen LogP contribution in [-0.2, 0) is 17.7 Å². The molecule has 21 heavy (non-hydrogen) atoms. The third-order valence-electron chi connectivity index (χ3n) is 2.96. The van der Waals surface area contributed by atoms with E-state index in [4.69, 9.17) is 20.4 Å². The van der Waals surface area contributed by atoms with Crippen molar-refractivity contribution < 1.29 is 18.8 Å². The SMILES string of the molecule is C#CCOc1noc2c1CN(C(=O)OC(C)(C)C)CCC2. The molecule has 0 unspecified atom stereocenters. The van der Waals surface area contributed by atoms with Gasteiger partial charge in [0.05, 0.1) is 12.1 Å². The second kappa shape index (κ2) is 6.08. The molecule has 1 aromatic rings. The quantitative estimate of drug-likeness (QED) is 0.783. The fourth-order valence-electron chi connectivity index (χ4n) is 2.08. The maximum absolute atomic E-state index is 12.2. The van der Waals surface area contributed by atoms with E-state index in [2.05, 4.69) is 11.1 Å². The highest BCUT2D eigenvalue weighted by Crippen LogP contribution is 2.28. The number of aryl methyl sites for hydroxylation is 1. The summed E-state index contributed by atoms with van der Waals surface area (Å²) in [5.74, 6) is 3.49. The summed E-state index contributed by atoms with van der Waals surface area (Å²) in [5, 5.41) is 3.87. The highest BCUT2D eigenvalue weighted by molar-refractivity contribution is 5.68. The molecule has 0 saturated heterocycles. The topological polar surface area (TPSA) is 64.8 Å². The Labute approximate surface area is 124 Å². The first-order valence-corrected chi connectivity index (χ1v) is 6.92. The molecule has 0 radical (unpaired) electrons. The molecule has 6 nitrogen and oxygen atoms in total. The van der Waals surface area contributed by atoms with Gasteiger partial charge in [0.15, 0.2) is 6.61 Å². The van der Waals surface area contributed by atoms with Crippen LogP contribution in [0.2, 0.25) is 0 Å². The number of aromatic nitrogens is 1. The van der Waals surface area contributed by atoms with Gasteiger partial charge in [0, 0.05) is 13.0 Å². The van der Waals surface area contributed by atoms with Crippen molar-refractivity contribution in [2.45, 2.75) is 45.8 Å². The van der Waals surface area contributed by atoms with Gasteiger partial charge in [-0.25, -0.2) is 4.79 Å². The van der Waals surface area contributed by atoms with E-state index >= 15 is 0 Å². The van der Waals surface area contributed by atoms with Gasteiger partial charge in [-0.2, -0.15) is 0 Å². The first-order chi connectivity index (χ1) is 9.90. The normalized spacial score (nSPS) is 14.9. The largest absolute Gasteiger partial charge is 0.462 e. The van der Waals surface area contributed by atoms with Crippen molar-refractivity contribution in [3.63, 3.8) is 0 Å². The Balaban J connectivity index is 2.14. The van der Waals surface area contributed by atoms with Crippen molar-refractivity contribution in [3.05, 3.63) is 11.3 Å². The van der Waals surface area contributed by atoms with Crippen LogP contribution in [0.1, 0.15) is 38.5 Å². The lowest BCUT2D eigenvalue weighted by atomic mass is 10.2. The van der Waals surface area contributed by atoms with E-state index < -0.39 is 5.60 Å². The molecule has 1 aliphatic heterocycles. The minimum Gasteiger partial charge on any atom is -0.462 e. The third kappa shape index (κ3) is 3.91. The summed E-state index contributed by atoms with van der Waals surface area (Å²) in [4.78, 5) is 13.8. The zero-order chi connectivity index (χ0) is 15.5. The van der Waals surface area contributed by atoms with Crippen LogP contribution >= 0.6 is 0 Å². The highest BCUT2D eigenvalue weighted by Gasteiger charge is 2.28. The van der Waals surface area contributed by atoms with Gasteiger partial charge in [0.25, 0.3) is 5.88 Å². The van der Waals surface area contributed by atoms with E-state index in [-0.39, 0.29) is 12.7 Å². The summed E-state index contributed by atoms with van der Waals surface area (Å²) >= 11 is 0. The smallest absolute Gasteiger partial charge is 0.410 e. The molecular formula is C15H20N2O4. The van der Waals surface area contributed by atoms with Crippen molar-refractivity contribution in [3.8, 4) is 18.2 Å². The molecule has 0 spiro atoms. The van der Waals surface area contributed by atoms with E-state index in [1.54, 1.807) is 4.90 Å². The van der Waals surface area contributed by atoms with Crippen molar-refractivity contribution in [1.29, 1.82) is 0 Å². The van der Waals surface area contributed by atoms with Crippen LogP contribution in [0.4, 0.5) is 4.79 Å². The molecule has 1 aliphatic rings. The number of carbonyl (C=O) groups excluding carboxylic acids is 1. The van der Waals surface area contributed by atoms with E-state index in [0.29, 0.717) is 25.4 Å². The molecule has 0 aliphatic carbocycles. The molecular weight excluding hydrogens is 272 g/mol. The number of fused-ring (bicyclic) bond motifs is 1. The Morgan fingerprint density at radius 3 is 2.95 bits per heavy atom. The number of terminal acetylenes is 1. The number of hydrogen-bond acceptors (Lipinski definition) is 5. The monoisotopic (exact) mass is 292 g/mol. The Hall–Kier alpha value is -2.16. The van der Waals surface area contributed by atoms with Crippen LogP contribution < -0.4 is 4.74 Å². The van der Waals surface area contributed by atoms with Gasteiger partial charge in [-0.1, -0.05) is 5.92 Å². The van der Waals surface area contributed by atoms with Crippen LogP contribution in [-0.4, -0.2) is 34.9 Å². The van der Waals surface area contributed by atoms with E-state index in [0.717, 1.165) is 17.7 Å². The molecule has 1 aromatic heterocycles. The zero-order valence-electron chi connectivity index (χ0n) is 12.6. The van der Waals surface area contributed by atoms with E-state index in [9.17, 15) is 4.79 Å². The van der Waals surface area contributed by atoms with Gasteiger partial charge < -0.3 is 18.9 Å². The number of nitrogens with zero attached hydrogens (tertiary/aromatic N) is 2. The van der Waals surface area contributed by atoms with Crippen molar-refractivity contribution in [2.75, 3.05) is 13.2 Å². The van der Waals surface area contributed by atoms with Gasteiger partial charge in [-0.05, 0) is 32.3 Å². The highest BCUT2D eigenvalue weighted by atomic mass is 16.6. The zero-order valence-corrected chi connectivity index (χ0v) is 12.6. The average molecular weight is 292 g/mol. The minimum atomic E-state index is -0.524. The molecule has 1 amide bonds. The van der Waals surface area contributed by atoms with E-state index in [1.165, 1.54) is 0 Å². The van der Waals surface area contributed by atoms with Crippen LogP contribution in [0, 0.1) is 12.3 Å². The first-order valence-electron chi connectivity index (χ1n) is 6.92. The van der Waals surface area contributed by atoms with Gasteiger partial charge >= 0.3 is 6.09 Å².